The van der Waals surface area contributed by atoms with Gasteiger partial charge in [-0.1, -0.05) is 6.92 Å². The second-order valence-electron chi connectivity index (χ2n) is 4.62. The van der Waals surface area contributed by atoms with Crippen molar-refractivity contribution in [2.45, 2.75) is 51.1 Å². The van der Waals surface area contributed by atoms with E-state index in [0.717, 1.165) is 6.92 Å². The molecule has 0 aromatic heterocycles. The van der Waals surface area contributed by atoms with E-state index in [1.165, 1.54) is 6.92 Å². The van der Waals surface area contributed by atoms with Crippen molar-refractivity contribution < 1.29 is 26.3 Å². The lowest BCUT2D eigenvalue weighted by Crippen LogP contribution is -2.55. The summed E-state index contributed by atoms with van der Waals surface area (Å²) in [5.41, 5.74) is 0. The molecule has 1 N–H and O–H groups in total. The van der Waals surface area contributed by atoms with Crippen molar-refractivity contribution in [2.75, 3.05) is 0 Å². The van der Waals surface area contributed by atoms with Crippen LogP contribution in [-0.2, 0) is 0 Å². The molecule has 1 nitrogen and oxygen atoms in total. The SMILES string of the molecule is CC([C@H](C)NC1CC[C@@H]1C(F)(F)F)C(F)(F)F. The van der Waals surface area contributed by atoms with Crippen LogP contribution in [0.15, 0.2) is 0 Å². The summed E-state index contributed by atoms with van der Waals surface area (Å²) in [5.74, 6) is -3.16. The zero-order chi connectivity index (χ0) is 13.4. The third-order valence-electron chi connectivity index (χ3n) is 3.44. The number of nitrogens with one attached hydrogen (secondary N) is 1. The molecule has 0 aliphatic heterocycles. The van der Waals surface area contributed by atoms with Gasteiger partial charge in [0, 0.05) is 12.1 Å². The maximum Gasteiger partial charge on any atom is 0.393 e. The first kappa shape index (κ1) is 14.6. The van der Waals surface area contributed by atoms with E-state index in [1.807, 2.05) is 0 Å². The monoisotopic (exact) mass is 263 g/mol. The molecule has 7 heteroatoms. The molecule has 0 spiro atoms. The first-order chi connectivity index (χ1) is 7.53. The highest BCUT2D eigenvalue weighted by Gasteiger charge is 2.51. The maximum absolute atomic E-state index is 12.4. The van der Waals surface area contributed by atoms with Crippen molar-refractivity contribution in [3.63, 3.8) is 0 Å². The van der Waals surface area contributed by atoms with Crippen LogP contribution in [0.4, 0.5) is 26.3 Å². The fourth-order valence-corrected chi connectivity index (χ4v) is 1.86. The zero-order valence-electron chi connectivity index (χ0n) is 9.49. The minimum Gasteiger partial charge on any atom is -0.310 e. The van der Waals surface area contributed by atoms with Crippen molar-refractivity contribution in [1.82, 2.24) is 5.32 Å². The van der Waals surface area contributed by atoms with Crippen molar-refractivity contribution >= 4 is 0 Å². The summed E-state index contributed by atoms with van der Waals surface area (Å²) in [6, 6.07) is -1.89. The van der Waals surface area contributed by atoms with Crippen LogP contribution in [0.3, 0.4) is 0 Å². The molecule has 0 aromatic carbocycles. The average molecular weight is 263 g/mol. The van der Waals surface area contributed by atoms with Gasteiger partial charge in [-0.3, -0.25) is 0 Å². The minimum atomic E-state index is -4.39. The van der Waals surface area contributed by atoms with Gasteiger partial charge in [0.15, 0.2) is 0 Å². The Hall–Kier alpha value is -0.460. The van der Waals surface area contributed by atoms with E-state index in [2.05, 4.69) is 5.32 Å². The van der Waals surface area contributed by atoms with Crippen molar-refractivity contribution in [2.24, 2.45) is 11.8 Å². The van der Waals surface area contributed by atoms with Gasteiger partial charge >= 0.3 is 12.4 Å². The number of rotatable bonds is 3. The standard InChI is InChI=1S/C10H15F6N/c1-5(9(11,12)13)6(2)17-8-4-3-7(8)10(14,15)16/h5-8,17H,3-4H2,1-2H3/t5?,6-,7-,8?/m0/s1. The Morgan fingerprint density at radius 2 is 1.53 bits per heavy atom. The van der Waals surface area contributed by atoms with E-state index in [-0.39, 0.29) is 12.8 Å². The Balaban J connectivity index is 2.50. The van der Waals surface area contributed by atoms with Gasteiger partial charge in [0.05, 0.1) is 11.8 Å². The van der Waals surface area contributed by atoms with Crippen LogP contribution in [0.25, 0.3) is 0 Å². The molecule has 1 aliphatic rings. The minimum absolute atomic E-state index is 0.00567. The molecule has 2 unspecified atom stereocenters. The zero-order valence-corrected chi connectivity index (χ0v) is 9.49. The van der Waals surface area contributed by atoms with Gasteiger partial charge < -0.3 is 5.32 Å². The first-order valence-corrected chi connectivity index (χ1v) is 5.43. The van der Waals surface area contributed by atoms with Gasteiger partial charge in [-0.05, 0) is 19.8 Å². The lowest BCUT2D eigenvalue weighted by atomic mass is 9.78. The van der Waals surface area contributed by atoms with Gasteiger partial charge in [0.1, 0.15) is 0 Å². The molecule has 0 saturated heterocycles. The van der Waals surface area contributed by atoms with E-state index in [1.54, 1.807) is 0 Å². The second kappa shape index (κ2) is 4.66. The quantitative estimate of drug-likeness (QED) is 0.768. The van der Waals surface area contributed by atoms with Crippen LogP contribution in [0.5, 0.6) is 0 Å². The topological polar surface area (TPSA) is 12.0 Å². The predicted molar refractivity (Wildman–Crippen MR) is 50.4 cm³/mol. The molecule has 1 aliphatic carbocycles. The van der Waals surface area contributed by atoms with Crippen molar-refractivity contribution in [1.29, 1.82) is 0 Å². The van der Waals surface area contributed by atoms with Gasteiger partial charge in [-0.15, -0.1) is 0 Å². The molecule has 0 amide bonds. The Morgan fingerprint density at radius 1 is 1.00 bits per heavy atom. The Kier molecular flexibility index (Phi) is 4.01. The molecule has 4 atom stereocenters. The summed E-state index contributed by atoms with van der Waals surface area (Å²) in [7, 11) is 0. The molecule has 1 fully saturated rings. The third-order valence-corrected chi connectivity index (χ3v) is 3.44. The van der Waals surface area contributed by atoms with E-state index in [4.69, 9.17) is 0 Å². The number of hydrogen-bond acceptors (Lipinski definition) is 1. The van der Waals surface area contributed by atoms with E-state index < -0.39 is 36.3 Å². The number of hydrogen-bond donors (Lipinski definition) is 1. The normalized spacial score (nSPS) is 29.6. The van der Waals surface area contributed by atoms with Crippen LogP contribution < -0.4 is 5.32 Å². The lowest BCUT2D eigenvalue weighted by Gasteiger charge is -2.41. The summed E-state index contributed by atoms with van der Waals surface area (Å²) >= 11 is 0. The molecular formula is C10H15F6N. The molecule has 1 rings (SSSR count). The number of alkyl halides is 6. The molecule has 0 aromatic rings. The fourth-order valence-electron chi connectivity index (χ4n) is 1.86. The average Bonchev–Trinajstić information content (AvgIpc) is 2.06. The summed E-state index contributed by atoms with van der Waals surface area (Å²) in [5, 5.41) is 2.44. The fraction of sp³-hybridized carbons (Fsp3) is 1.00. The van der Waals surface area contributed by atoms with Crippen LogP contribution in [0.1, 0.15) is 26.7 Å². The van der Waals surface area contributed by atoms with E-state index >= 15 is 0 Å². The summed E-state index contributed by atoms with van der Waals surface area (Å²) < 4.78 is 74.1. The predicted octanol–water partition coefficient (Wildman–Crippen LogP) is 3.50. The Morgan fingerprint density at radius 3 is 1.82 bits per heavy atom. The third kappa shape index (κ3) is 3.50. The largest absolute Gasteiger partial charge is 0.393 e. The highest BCUT2D eigenvalue weighted by molar-refractivity contribution is 4.93. The number of halogens is 6. The van der Waals surface area contributed by atoms with Crippen LogP contribution in [-0.4, -0.2) is 24.4 Å². The molecule has 102 valence electrons. The summed E-state index contributed by atoms with van der Waals surface area (Å²) in [6.45, 7) is 2.24. The molecule has 1 saturated carbocycles. The van der Waals surface area contributed by atoms with Crippen LogP contribution in [0.2, 0.25) is 0 Å². The van der Waals surface area contributed by atoms with Gasteiger partial charge in [-0.2, -0.15) is 26.3 Å². The second-order valence-corrected chi connectivity index (χ2v) is 4.62. The molecule has 0 heterocycles. The molecule has 0 bridgehead atoms. The van der Waals surface area contributed by atoms with Gasteiger partial charge in [-0.25, -0.2) is 0 Å². The Bertz CT molecular complexity index is 243. The molecule has 17 heavy (non-hydrogen) atoms. The molecule has 0 radical (unpaired) electrons. The van der Waals surface area contributed by atoms with Crippen LogP contribution in [0, 0.1) is 11.8 Å². The highest BCUT2D eigenvalue weighted by atomic mass is 19.4. The van der Waals surface area contributed by atoms with E-state index in [0.29, 0.717) is 0 Å². The summed E-state index contributed by atoms with van der Waals surface area (Å²) in [6.07, 6.45) is -8.44. The van der Waals surface area contributed by atoms with Crippen molar-refractivity contribution in [3.05, 3.63) is 0 Å². The summed E-state index contributed by atoms with van der Waals surface area (Å²) in [4.78, 5) is 0. The highest BCUT2D eigenvalue weighted by Crippen LogP contribution is 2.41. The van der Waals surface area contributed by atoms with E-state index in [9.17, 15) is 26.3 Å². The smallest absolute Gasteiger partial charge is 0.310 e. The van der Waals surface area contributed by atoms with Gasteiger partial charge in [0.25, 0.3) is 0 Å². The van der Waals surface area contributed by atoms with Gasteiger partial charge in [0.2, 0.25) is 0 Å². The maximum atomic E-state index is 12.4. The van der Waals surface area contributed by atoms with Crippen molar-refractivity contribution in [3.8, 4) is 0 Å². The lowest BCUT2D eigenvalue weighted by molar-refractivity contribution is -0.207. The first-order valence-electron chi connectivity index (χ1n) is 5.43. The molecular weight excluding hydrogens is 248 g/mol. The van der Waals surface area contributed by atoms with Crippen LogP contribution >= 0.6 is 0 Å². The Labute approximate surface area is 95.6 Å².